The van der Waals surface area contributed by atoms with Gasteiger partial charge in [0.1, 0.15) is 6.04 Å². The number of rotatable bonds is 7. The van der Waals surface area contributed by atoms with Gasteiger partial charge >= 0.3 is 5.97 Å². The minimum Gasteiger partial charge on any atom is -0.456 e. The molecule has 0 aliphatic rings. The molecule has 6 heteroatoms. The standard InChI is InChI=1S/C24H28ClNO4/c1-15(2)21(23(29)30-14-20(27)16-8-12-19(25)13-9-16)26-22(28)17-6-10-18(11-7-17)24(3,4)5/h6-13,15,21H,14H2,1-5H3,(H,26,28)/t21-/m0/s1. The molecule has 30 heavy (non-hydrogen) atoms. The number of carbonyl (C=O) groups excluding carboxylic acids is 3. The summed E-state index contributed by atoms with van der Waals surface area (Å²) in [5.41, 5.74) is 1.95. The highest BCUT2D eigenvalue weighted by atomic mass is 35.5. The van der Waals surface area contributed by atoms with Crippen molar-refractivity contribution in [3.8, 4) is 0 Å². The summed E-state index contributed by atoms with van der Waals surface area (Å²) < 4.78 is 5.18. The lowest BCUT2D eigenvalue weighted by Gasteiger charge is -2.22. The number of hydrogen-bond donors (Lipinski definition) is 1. The molecule has 2 aromatic carbocycles. The Bertz CT molecular complexity index is 896. The number of ether oxygens (including phenoxy) is 1. The van der Waals surface area contributed by atoms with Gasteiger partial charge in [-0.3, -0.25) is 9.59 Å². The zero-order chi connectivity index (χ0) is 22.5. The molecule has 0 aliphatic carbocycles. The summed E-state index contributed by atoms with van der Waals surface area (Å²) in [7, 11) is 0. The Labute approximate surface area is 182 Å². The van der Waals surface area contributed by atoms with Gasteiger partial charge in [-0.25, -0.2) is 4.79 Å². The summed E-state index contributed by atoms with van der Waals surface area (Å²) in [4.78, 5) is 37.3. The maximum atomic E-state index is 12.6. The van der Waals surface area contributed by atoms with Gasteiger partial charge in [0, 0.05) is 16.1 Å². The first-order valence-corrected chi connectivity index (χ1v) is 10.2. The number of carbonyl (C=O) groups is 3. The van der Waals surface area contributed by atoms with E-state index in [1.165, 1.54) is 0 Å². The Morgan fingerprint density at radius 1 is 0.933 bits per heavy atom. The Morgan fingerprint density at radius 2 is 1.47 bits per heavy atom. The van der Waals surface area contributed by atoms with Crippen LogP contribution in [0.5, 0.6) is 0 Å². The molecule has 0 radical (unpaired) electrons. The average Bonchev–Trinajstić information content (AvgIpc) is 2.69. The molecule has 0 aliphatic heterocycles. The number of hydrogen-bond acceptors (Lipinski definition) is 4. The zero-order valence-electron chi connectivity index (χ0n) is 18.0. The van der Waals surface area contributed by atoms with E-state index in [9.17, 15) is 14.4 Å². The Morgan fingerprint density at radius 3 is 1.97 bits per heavy atom. The number of amides is 1. The summed E-state index contributed by atoms with van der Waals surface area (Å²) in [5.74, 6) is -1.56. The van der Waals surface area contributed by atoms with Gasteiger partial charge in [-0.1, -0.05) is 58.4 Å². The predicted octanol–water partition coefficient (Wildman–Crippen LogP) is 4.82. The van der Waals surface area contributed by atoms with E-state index in [4.69, 9.17) is 16.3 Å². The van der Waals surface area contributed by atoms with Gasteiger partial charge in [0.05, 0.1) is 0 Å². The van der Waals surface area contributed by atoms with E-state index in [0.29, 0.717) is 16.1 Å². The zero-order valence-corrected chi connectivity index (χ0v) is 18.7. The fraction of sp³-hybridized carbons (Fsp3) is 0.375. The van der Waals surface area contributed by atoms with E-state index in [-0.39, 0.29) is 23.0 Å². The molecule has 0 bridgehead atoms. The Kier molecular flexibility index (Phi) is 7.79. The van der Waals surface area contributed by atoms with Gasteiger partial charge in [-0.05, 0) is 53.3 Å². The van der Waals surface area contributed by atoms with Gasteiger partial charge in [-0.2, -0.15) is 0 Å². The van der Waals surface area contributed by atoms with Gasteiger partial charge in [-0.15, -0.1) is 0 Å². The minimum atomic E-state index is -0.863. The van der Waals surface area contributed by atoms with Crippen LogP contribution in [0.4, 0.5) is 0 Å². The van der Waals surface area contributed by atoms with Crippen molar-refractivity contribution < 1.29 is 19.1 Å². The van der Waals surface area contributed by atoms with Crippen LogP contribution >= 0.6 is 11.6 Å². The van der Waals surface area contributed by atoms with Crippen LogP contribution in [0.25, 0.3) is 0 Å². The largest absolute Gasteiger partial charge is 0.456 e. The van der Waals surface area contributed by atoms with Crippen molar-refractivity contribution in [1.29, 1.82) is 0 Å². The van der Waals surface area contributed by atoms with E-state index >= 15 is 0 Å². The van der Waals surface area contributed by atoms with Crippen LogP contribution in [0, 0.1) is 5.92 Å². The van der Waals surface area contributed by atoms with Crippen molar-refractivity contribution >= 4 is 29.3 Å². The lowest BCUT2D eigenvalue weighted by molar-refractivity contribution is -0.145. The number of nitrogens with one attached hydrogen (secondary N) is 1. The second-order valence-corrected chi connectivity index (χ2v) is 9.00. The van der Waals surface area contributed by atoms with Crippen molar-refractivity contribution in [1.82, 2.24) is 5.32 Å². The van der Waals surface area contributed by atoms with E-state index in [1.807, 2.05) is 12.1 Å². The molecule has 0 heterocycles. The highest BCUT2D eigenvalue weighted by Crippen LogP contribution is 2.22. The summed E-state index contributed by atoms with van der Waals surface area (Å²) >= 11 is 5.81. The monoisotopic (exact) mass is 429 g/mol. The lowest BCUT2D eigenvalue weighted by atomic mass is 9.86. The summed E-state index contributed by atoms with van der Waals surface area (Å²) in [6, 6.07) is 12.8. The van der Waals surface area contributed by atoms with Crippen molar-refractivity contribution in [2.24, 2.45) is 5.92 Å². The number of esters is 1. The van der Waals surface area contributed by atoms with Crippen molar-refractivity contribution in [2.75, 3.05) is 6.61 Å². The molecule has 2 aromatic rings. The summed E-state index contributed by atoms with van der Waals surface area (Å²) in [6.45, 7) is 9.49. The molecular formula is C24H28ClNO4. The molecule has 1 atom stereocenters. The Hall–Kier alpha value is -2.66. The van der Waals surface area contributed by atoms with Crippen LogP contribution in [0.3, 0.4) is 0 Å². The molecule has 0 saturated carbocycles. The van der Waals surface area contributed by atoms with Gasteiger partial charge in [0.25, 0.3) is 5.91 Å². The highest BCUT2D eigenvalue weighted by Gasteiger charge is 2.27. The molecular weight excluding hydrogens is 402 g/mol. The van der Waals surface area contributed by atoms with Crippen LogP contribution in [-0.4, -0.2) is 30.3 Å². The normalized spacial score (nSPS) is 12.4. The van der Waals surface area contributed by atoms with Crippen molar-refractivity contribution in [3.05, 3.63) is 70.2 Å². The molecule has 0 aromatic heterocycles. The number of benzene rings is 2. The van der Waals surface area contributed by atoms with Gasteiger partial charge in [0.15, 0.2) is 12.4 Å². The fourth-order valence-electron chi connectivity index (χ4n) is 2.79. The van der Waals surface area contributed by atoms with Crippen molar-refractivity contribution in [2.45, 2.75) is 46.1 Å². The lowest BCUT2D eigenvalue weighted by Crippen LogP contribution is -2.45. The second-order valence-electron chi connectivity index (χ2n) is 8.56. The molecule has 5 nitrogen and oxygen atoms in total. The minimum absolute atomic E-state index is 0.0180. The maximum absolute atomic E-state index is 12.6. The first-order valence-electron chi connectivity index (χ1n) is 9.86. The summed E-state index contributed by atoms with van der Waals surface area (Å²) in [6.07, 6.45) is 0. The third-order valence-electron chi connectivity index (χ3n) is 4.73. The Balaban J connectivity index is 2.00. The van der Waals surface area contributed by atoms with Crippen LogP contribution in [0.2, 0.25) is 5.02 Å². The van der Waals surface area contributed by atoms with Crippen LogP contribution in [0.15, 0.2) is 48.5 Å². The topological polar surface area (TPSA) is 72.5 Å². The predicted molar refractivity (Wildman–Crippen MR) is 118 cm³/mol. The third kappa shape index (κ3) is 6.42. The third-order valence-corrected chi connectivity index (χ3v) is 4.98. The number of halogens is 1. The van der Waals surface area contributed by atoms with E-state index in [1.54, 1.807) is 50.2 Å². The number of Topliss-reactive ketones (excluding diaryl/α,β-unsaturated/α-hetero) is 1. The smallest absolute Gasteiger partial charge is 0.329 e. The SMILES string of the molecule is CC(C)[C@H](NC(=O)c1ccc(C(C)(C)C)cc1)C(=O)OCC(=O)c1ccc(Cl)cc1. The molecule has 0 fully saturated rings. The van der Waals surface area contributed by atoms with Gasteiger partial charge in [0.2, 0.25) is 0 Å². The van der Waals surface area contributed by atoms with Crippen LogP contribution in [-0.2, 0) is 14.9 Å². The fourth-order valence-corrected chi connectivity index (χ4v) is 2.92. The summed E-state index contributed by atoms with van der Waals surface area (Å²) in [5, 5.41) is 3.23. The quantitative estimate of drug-likeness (QED) is 0.506. The van der Waals surface area contributed by atoms with E-state index < -0.39 is 18.6 Å². The second kappa shape index (κ2) is 9.90. The van der Waals surface area contributed by atoms with Gasteiger partial charge < -0.3 is 10.1 Å². The molecule has 1 N–H and O–H groups in total. The molecule has 0 saturated heterocycles. The number of ketones is 1. The first-order chi connectivity index (χ1) is 14.0. The molecule has 1 amide bonds. The average molecular weight is 430 g/mol. The maximum Gasteiger partial charge on any atom is 0.329 e. The molecule has 2 rings (SSSR count). The first kappa shape index (κ1) is 23.6. The molecule has 0 spiro atoms. The van der Waals surface area contributed by atoms with E-state index in [0.717, 1.165) is 5.56 Å². The molecule has 0 unspecified atom stereocenters. The van der Waals surface area contributed by atoms with E-state index in [2.05, 4.69) is 26.1 Å². The van der Waals surface area contributed by atoms with Crippen molar-refractivity contribution in [3.63, 3.8) is 0 Å². The van der Waals surface area contributed by atoms with Crippen LogP contribution < -0.4 is 5.32 Å². The highest BCUT2D eigenvalue weighted by molar-refractivity contribution is 6.30. The van der Waals surface area contributed by atoms with Crippen LogP contribution in [0.1, 0.15) is 60.9 Å². The molecule has 160 valence electrons.